The van der Waals surface area contributed by atoms with Crippen molar-refractivity contribution < 1.29 is 19.4 Å². The minimum Gasteiger partial charge on any atom is -0.503 e. The summed E-state index contributed by atoms with van der Waals surface area (Å²) < 4.78 is 5.18. The van der Waals surface area contributed by atoms with Crippen molar-refractivity contribution in [2.75, 3.05) is 13.7 Å². The van der Waals surface area contributed by atoms with Gasteiger partial charge in [0.15, 0.2) is 11.5 Å². The van der Waals surface area contributed by atoms with Crippen LogP contribution in [0.1, 0.15) is 51.6 Å². The zero-order chi connectivity index (χ0) is 18.6. The third-order valence-electron chi connectivity index (χ3n) is 4.38. The van der Waals surface area contributed by atoms with Crippen molar-refractivity contribution in [3.8, 4) is 5.75 Å². The highest BCUT2D eigenvalue weighted by molar-refractivity contribution is 6.09. The lowest BCUT2D eigenvalue weighted by Crippen LogP contribution is -2.32. The van der Waals surface area contributed by atoms with Crippen molar-refractivity contribution >= 4 is 11.7 Å². The largest absolute Gasteiger partial charge is 0.503 e. The summed E-state index contributed by atoms with van der Waals surface area (Å²) in [6.07, 6.45) is 2.05. The summed E-state index contributed by atoms with van der Waals surface area (Å²) in [4.78, 5) is 26.9. The van der Waals surface area contributed by atoms with Crippen LogP contribution in [0.5, 0.6) is 5.75 Å². The number of Topliss-reactive ketones (excluding diaryl/α,β-unsaturated/α-hetero) is 1. The maximum absolute atomic E-state index is 12.7. The van der Waals surface area contributed by atoms with Gasteiger partial charge in [-0.25, -0.2) is 0 Å². The molecule has 1 amide bonds. The van der Waals surface area contributed by atoms with Crippen LogP contribution in [0.15, 0.2) is 35.6 Å². The number of hydrogen-bond donors (Lipinski definition) is 1. The molecule has 1 heterocycles. The van der Waals surface area contributed by atoms with E-state index in [1.165, 1.54) is 0 Å². The maximum Gasteiger partial charge on any atom is 0.290 e. The van der Waals surface area contributed by atoms with Crippen LogP contribution in [0.3, 0.4) is 0 Å². The van der Waals surface area contributed by atoms with Crippen LogP contribution in [-0.2, 0) is 9.59 Å². The van der Waals surface area contributed by atoms with Crippen molar-refractivity contribution in [1.29, 1.82) is 0 Å². The second-order valence-corrected chi connectivity index (χ2v) is 6.81. The SMILES string of the molecule is CCCCN1C(=O)C(O)=C(C(=O)CC(C)C)C1c1ccc(OC)cc1. The topological polar surface area (TPSA) is 66.8 Å². The molecule has 1 unspecified atom stereocenters. The predicted octanol–water partition coefficient (Wildman–Crippen LogP) is 3.81. The molecule has 0 bridgehead atoms. The van der Waals surface area contributed by atoms with E-state index in [4.69, 9.17) is 4.74 Å². The van der Waals surface area contributed by atoms with Gasteiger partial charge in [0.2, 0.25) is 0 Å². The Labute approximate surface area is 149 Å². The molecular weight excluding hydrogens is 318 g/mol. The highest BCUT2D eigenvalue weighted by atomic mass is 16.5. The Morgan fingerprint density at radius 2 is 1.92 bits per heavy atom. The molecule has 0 saturated carbocycles. The van der Waals surface area contributed by atoms with Gasteiger partial charge in [0.1, 0.15) is 5.75 Å². The maximum atomic E-state index is 12.7. The van der Waals surface area contributed by atoms with Crippen molar-refractivity contribution in [2.45, 2.75) is 46.1 Å². The van der Waals surface area contributed by atoms with E-state index in [0.717, 1.165) is 18.4 Å². The van der Waals surface area contributed by atoms with E-state index < -0.39 is 17.7 Å². The molecule has 2 rings (SSSR count). The predicted molar refractivity (Wildman–Crippen MR) is 96.5 cm³/mol. The number of aliphatic hydroxyl groups excluding tert-OH is 1. The number of carbonyl (C=O) groups excluding carboxylic acids is 2. The Morgan fingerprint density at radius 3 is 2.44 bits per heavy atom. The summed E-state index contributed by atoms with van der Waals surface area (Å²) in [7, 11) is 1.59. The number of amides is 1. The Hall–Kier alpha value is -2.30. The van der Waals surface area contributed by atoms with Gasteiger partial charge in [-0.1, -0.05) is 39.3 Å². The molecule has 5 nitrogen and oxygen atoms in total. The first kappa shape index (κ1) is 19.0. The van der Waals surface area contributed by atoms with Crippen LogP contribution in [0.4, 0.5) is 0 Å². The summed E-state index contributed by atoms with van der Waals surface area (Å²) in [6.45, 7) is 6.45. The average molecular weight is 345 g/mol. The monoisotopic (exact) mass is 345 g/mol. The molecule has 1 aliphatic rings. The number of nitrogens with zero attached hydrogens (tertiary/aromatic N) is 1. The second-order valence-electron chi connectivity index (χ2n) is 6.81. The molecule has 1 atom stereocenters. The summed E-state index contributed by atoms with van der Waals surface area (Å²) in [6, 6.07) is 6.76. The van der Waals surface area contributed by atoms with Gasteiger partial charge >= 0.3 is 0 Å². The summed E-state index contributed by atoms with van der Waals surface area (Å²) in [5.41, 5.74) is 1.03. The first-order valence-electron chi connectivity index (χ1n) is 8.81. The van der Waals surface area contributed by atoms with Crippen molar-refractivity contribution in [2.24, 2.45) is 5.92 Å². The third kappa shape index (κ3) is 4.03. The van der Waals surface area contributed by atoms with Crippen LogP contribution in [-0.4, -0.2) is 35.4 Å². The molecule has 1 aromatic carbocycles. The quantitative estimate of drug-likeness (QED) is 0.778. The molecule has 0 aliphatic carbocycles. The lowest BCUT2D eigenvalue weighted by atomic mass is 9.92. The zero-order valence-electron chi connectivity index (χ0n) is 15.4. The van der Waals surface area contributed by atoms with Gasteiger partial charge < -0.3 is 14.7 Å². The molecule has 1 aromatic rings. The van der Waals surface area contributed by atoms with Crippen molar-refractivity contribution in [3.05, 3.63) is 41.2 Å². The smallest absolute Gasteiger partial charge is 0.290 e. The van der Waals surface area contributed by atoms with E-state index in [9.17, 15) is 14.7 Å². The Kier molecular flexibility index (Phi) is 6.23. The molecule has 0 fully saturated rings. The molecular formula is C20H27NO4. The van der Waals surface area contributed by atoms with E-state index in [1.54, 1.807) is 24.1 Å². The number of carbonyl (C=O) groups is 2. The van der Waals surface area contributed by atoms with Gasteiger partial charge in [0.25, 0.3) is 5.91 Å². The van der Waals surface area contributed by atoms with Gasteiger partial charge in [-0.3, -0.25) is 9.59 Å². The van der Waals surface area contributed by atoms with Crippen LogP contribution in [0.2, 0.25) is 0 Å². The van der Waals surface area contributed by atoms with Crippen LogP contribution in [0.25, 0.3) is 0 Å². The normalized spacial score (nSPS) is 17.6. The lowest BCUT2D eigenvalue weighted by molar-refractivity contribution is -0.129. The van der Waals surface area contributed by atoms with Gasteiger partial charge in [0.05, 0.1) is 18.7 Å². The van der Waals surface area contributed by atoms with Gasteiger partial charge in [0, 0.05) is 13.0 Å². The van der Waals surface area contributed by atoms with Crippen LogP contribution >= 0.6 is 0 Å². The van der Waals surface area contributed by atoms with Gasteiger partial charge in [-0.15, -0.1) is 0 Å². The van der Waals surface area contributed by atoms with E-state index in [1.807, 2.05) is 32.9 Å². The van der Waals surface area contributed by atoms with Crippen LogP contribution < -0.4 is 4.74 Å². The lowest BCUT2D eigenvalue weighted by Gasteiger charge is -2.27. The first-order valence-corrected chi connectivity index (χ1v) is 8.81. The standard InChI is InChI=1S/C20H27NO4/c1-5-6-11-21-18(14-7-9-15(25-4)10-8-14)17(19(23)20(21)24)16(22)12-13(2)3/h7-10,13,18,23H,5-6,11-12H2,1-4H3. The van der Waals surface area contributed by atoms with E-state index >= 15 is 0 Å². The Morgan fingerprint density at radius 1 is 1.28 bits per heavy atom. The third-order valence-corrected chi connectivity index (χ3v) is 4.38. The molecule has 0 radical (unpaired) electrons. The minimum absolute atomic E-state index is 0.157. The number of aliphatic hydroxyl groups is 1. The van der Waals surface area contributed by atoms with E-state index in [0.29, 0.717) is 18.7 Å². The molecule has 5 heteroatoms. The zero-order valence-corrected chi connectivity index (χ0v) is 15.4. The number of hydrogen-bond acceptors (Lipinski definition) is 4. The molecule has 136 valence electrons. The van der Waals surface area contributed by atoms with Gasteiger partial charge in [-0.2, -0.15) is 0 Å². The number of rotatable bonds is 8. The molecule has 25 heavy (non-hydrogen) atoms. The highest BCUT2D eigenvalue weighted by Gasteiger charge is 2.42. The van der Waals surface area contributed by atoms with E-state index in [-0.39, 0.29) is 17.3 Å². The first-order chi connectivity index (χ1) is 11.9. The molecule has 0 aromatic heterocycles. The van der Waals surface area contributed by atoms with Crippen LogP contribution in [0, 0.1) is 5.92 Å². The fraction of sp³-hybridized carbons (Fsp3) is 0.500. The minimum atomic E-state index is -0.531. The molecule has 0 spiro atoms. The number of ketones is 1. The molecule has 0 saturated heterocycles. The van der Waals surface area contributed by atoms with Gasteiger partial charge in [-0.05, 0) is 30.0 Å². The Balaban J connectivity index is 2.44. The van der Waals surface area contributed by atoms with Crippen molar-refractivity contribution in [1.82, 2.24) is 4.90 Å². The summed E-state index contributed by atoms with van der Waals surface area (Å²) >= 11 is 0. The number of benzene rings is 1. The number of unbranched alkanes of at least 4 members (excludes halogenated alkanes) is 1. The summed E-state index contributed by atoms with van der Waals surface area (Å²) in [5.74, 6) is -0.162. The Bertz CT molecular complexity index is 661. The molecule has 1 aliphatic heterocycles. The highest BCUT2D eigenvalue weighted by Crippen LogP contribution is 2.39. The fourth-order valence-electron chi connectivity index (χ4n) is 3.11. The van der Waals surface area contributed by atoms with Crippen molar-refractivity contribution in [3.63, 3.8) is 0 Å². The van der Waals surface area contributed by atoms with E-state index in [2.05, 4.69) is 0 Å². The second kappa shape index (κ2) is 8.19. The number of methoxy groups -OCH3 is 1. The fourth-order valence-corrected chi connectivity index (χ4v) is 3.11. The number of ether oxygens (including phenoxy) is 1. The summed E-state index contributed by atoms with van der Waals surface area (Å²) in [5, 5.41) is 10.4. The molecule has 1 N–H and O–H groups in total. The average Bonchev–Trinajstić information content (AvgIpc) is 2.84.